The van der Waals surface area contributed by atoms with Crippen molar-refractivity contribution in [2.45, 2.75) is 51.7 Å². The lowest BCUT2D eigenvalue weighted by molar-refractivity contribution is 0.0727. The third kappa shape index (κ3) is 7.39. The summed E-state index contributed by atoms with van der Waals surface area (Å²) in [6.45, 7) is 7.55. The number of aryl methyl sites for hydroxylation is 2. The van der Waals surface area contributed by atoms with Crippen LogP contribution in [0.5, 0.6) is 0 Å². The number of piperazine rings is 1. The van der Waals surface area contributed by atoms with Crippen LogP contribution in [0.4, 0.5) is 15.8 Å². The molecule has 2 amide bonds. The highest BCUT2D eigenvalue weighted by Gasteiger charge is 2.37. The van der Waals surface area contributed by atoms with Crippen LogP contribution in [-0.2, 0) is 32.6 Å². The molecule has 0 saturated carbocycles. The Balaban J connectivity index is 1.26. The molecule has 1 aromatic heterocycles. The molecule has 16 heteroatoms. The fraction of sp³-hybridized carbons (Fsp3) is 0.541. The van der Waals surface area contributed by atoms with Gasteiger partial charge in [-0.2, -0.15) is 12.7 Å². The summed E-state index contributed by atoms with van der Waals surface area (Å²) in [5.74, 6) is -2.69. The molecule has 2 atom stereocenters. The Morgan fingerprint density at radius 3 is 2.42 bits per heavy atom. The normalized spacial score (nSPS) is 19.8. The zero-order valence-corrected chi connectivity index (χ0v) is 32.3. The maximum absolute atomic E-state index is 15.8. The van der Waals surface area contributed by atoms with Gasteiger partial charge in [-0.25, -0.2) is 13.9 Å². The molecule has 6 rings (SSSR count). The van der Waals surface area contributed by atoms with Crippen LogP contribution in [0.15, 0.2) is 27.4 Å². The second-order valence-electron chi connectivity index (χ2n) is 14.4. The number of benzene rings is 2. The summed E-state index contributed by atoms with van der Waals surface area (Å²) in [6.07, 6.45) is 1.56. The average Bonchev–Trinajstić information content (AvgIpc) is 3.60. The highest BCUT2D eigenvalue weighted by Crippen LogP contribution is 2.36. The van der Waals surface area contributed by atoms with Crippen LogP contribution >= 0.6 is 0 Å². The summed E-state index contributed by atoms with van der Waals surface area (Å²) in [5, 5.41) is 0.851. The van der Waals surface area contributed by atoms with Gasteiger partial charge in [0.05, 0.1) is 48.2 Å². The van der Waals surface area contributed by atoms with Gasteiger partial charge in [0.2, 0.25) is 0 Å². The second kappa shape index (κ2) is 15.3. The Bertz CT molecular complexity index is 2090. The Hall–Kier alpha value is -4.09. The number of carbonyl (C=O) groups is 2. The highest BCUT2D eigenvalue weighted by atomic mass is 32.2. The van der Waals surface area contributed by atoms with Gasteiger partial charge < -0.3 is 28.6 Å². The number of hydrogen-bond acceptors (Lipinski definition) is 11. The van der Waals surface area contributed by atoms with Crippen LogP contribution in [0.2, 0.25) is 0 Å². The van der Waals surface area contributed by atoms with Crippen molar-refractivity contribution in [3.8, 4) is 0 Å². The number of likely N-dealkylation sites (N-methyl/N-ethyl adjacent to an activating group) is 1. The monoisotopic (exact) mass is 756 g/mol. The number of rotatable bonds is 10. The smallest absolute Gasteiger partial charge is 0.341 e. The fourth-order valence-electron chi connectivity index (χ4n) is 7.95. The number of amides is 2. The van der Waals surface area contributed by atoms with E-state index in [0.29, 0.717) is 37.0 Å². The number of nitrogens with zero attached hydrogens (tertiary/aromatic N) is 5. The van der Waals surface area contributed by atoms with E-state index in [0.717, 1.165) is 53.5 Å². The SMILES string of the molecule is COC[C@H]1CN(c2cc(C)c3c4c(c(=O)oc3c2C)CN(C(=O)c2cc(N(C)C)c(C(=O)NS(=O)(=O)N3CCC[C@@H]3COC)cc2F)CC4)CCN1C. The first kappa shape index (κ1) is 38.6. The topological polar surface area (TPSA) is 145 Å². The maximum Gasteiger partial charge on any atom is 0.341 e. The average molecular weight is 757 g/mol. The molecule has 2 fully saturated rings. The van der Waals surface area contributed by atoms with Crippen molar-refractivity contribution in [2.75, 3.05) is 91.1 Å². The number of hydrogen-bond donors (Lipinski definition) is 1. The van der Waals surface area contributed by atoms with Gasteiger partial charge in [0.15, 0.2) is 0 Å². The first-order valence-electron chi connectivity index (χ1n) is 17.8. The number of methoxy groups -OCH3 is 2. The van der Waals surface area contributed by atoms with E-state index in [1.54, 1.807) is 21.2 Å². The molecule has 0 radical (unpaired) electrons. The Kier molecular flexibility index (Phi) is 11.2. The van der Waals surface area contributed by atoms with Crippen molar-refractivity contribution < 1.29 is 36.3 Å². The number of anilines is 2. The van der Waals surface area contributed by atoms with Gasteiger partial charge in [0.25, 0.3) is 11.8 Å². The van der Waals surface area contributed by atoms with E-state index in [2.05, 4.69) is 27.6 Å². The minimum absolute atomic E-state index is 0.0838. The number of nitrogens with one attached hydrogen (secondary N) is 1. The molecular formula is C37H49FN6O8S. The predicted octanol–water partition coefficient (Wildman–Crippen LogP) is 2.67. The molecule has 4 heterocycles. The highest BCUT2D eigenvalue weighted by molar-refractivity contribution is 7.87. The third-order valence-electron chi connectivity index (χ3n) is 10.8. The van der Waals surface area contributed by atoms with Crippen LogP contribution in [-0.4, -0.2) is 128 Å². The Morgan fingerprint density at radius 2 is 1.72 bits per heavy atom. The van der Waals surface area contributed by atoms with Gasteiger partial charge in [0.1, 0.15) is 11.4 Å². The van der Waals surface area contributed by atoms with E-state index in [1.165, 1.54) is 27.3 Å². The molecule has 14 nitrogen and oxygen atoms in total. The molecule has 0 unspecified atom stereocenters. The third-order valence-corrected chi connectivity index (χ3v) is 12.3. The second-order valence-corrected chi connectivity index (χ2v) is 16.1. The van der Waals surface area contributed by atoms with E-state index in [-0.39, 0.29) is 49.1 Å². The molecule has 0 spiro atoms. The predicted molar refractivity (Wildman–Crippen MR) is 200 cm³/mol. The van der Waals surface area contributed by atoms with Gasteiger partial charge in [-0.05, 0) is 69.5 Å². The van der Waals surface area contributed by atoms with Crippen molar-refractivity contribution >= 4 is 44.4 Å². The summed E-state index contributed by atoms with van der Waals surface area (Å²) in [6, 6.07) is 4.05. The summed E-state index contributed by atoms with van der Waals surface area (Å²) < 4.78 is 62.0. The Morgan fingerprint density at radius 1 is 1.00 bits per heavy atom. The lowest BCUT2D eigenvalue weighted by Gasteiger charge is -2.41. The van der Waals surface area contributed by atoms with Crippen LogP contribution < -0.4 is 20.1 Å². The van der Waals surface area contributed by atoms with Crippen molar-refractivity contribution in [2.24, 2.45) is 0 Å². The summed E-state index contributed by atoms with van der Waals surface area (Å²) in [4.78, 5) is 48.3. The minimum atomic E-state index is -4.26. The molecule has 3 aliphatic rings. The number of ether oxygens (including phenoxy) is 2. The van der Waals surface area contributed by atoms with Gasteiger partial charge in [-0.15, -0.1) is 0 Å². The van der Waals surface area contributed by atoms with E-state index in [4.69, 9.17) is 13.9 Å². The van der Waals surface area contributed by atoms with E-state index < -0.39 is 39.5 Å². The van der Waals surface area contributed by atoms with Gasteiger partial charge >= 0.3 is 15.8 Å². The van der Waals surface area contributed by atoms with Crippen LogP contribution in [0.3, 0.4) is 0 Å². The first-order chi connectivity index (χ1) is 25.2. The van der Waals surface area contributed by atoms with E-state index in [1.807, 2.05) is 13.8 Å². The molecular weight excluding hydrogens is 708 g/mol. The largest absolute Gasteiger partial charge is 0.422 e. The van der Waals surface area contributed by atoms with E-state index in [9.17, 15) is 22.8 Å². The lowest BCUT2D eigenvalue weighted by Crippen LogP contribution is -2.53. The molecule has 0 aliphatic carbocycles. The van der Waals surface area contributed by atoms with Crippen molar-refractivity contribution in [1.29, 1.82) is 0 Å². The molecule has 3 aliphatic heterocycles. The molecule has 3 aromatic rings. The van der Waals surface area contributed by atoms with E-state index >= 15 is 4.39 Å². The minimum Gasteiger partial charge on any atom is -0.422 e. The first-order valence-corrected chi connectivity index (χ1v) is 19.3. The summed E-state index contributed by atoms with van der Waals surface area (Å²) in [7, 11) is 4.21. The number of halogens is 1. The van der Waals surface area contributed by atoms with Crippen molar-refractivity contribution in [1.82, 2.24) is 18.8 Å². The van der Waals surface area contributed by atoms with Gasteiger partial charge in [-0.3, -0.25) is 14.5 Å². The van der Waals surface area contributed by atoms with Crippen LogP contribution in [0.25, 0.3) is 11.0 Å². The van der Waals surface area contributed by atoms with Gasteiger partial charge in [-0.1, -0.05) is 0 Å². The molecule has 2 aromatic carbocycles. The molecule has 0 bridgehead atoms. The number of carbonyl (C=O) groups excluding carboxylic acids is 2. The standard InChI is InChI=1S/C37H49FN6O8S/c1-22-15-31(42-14-13-41(5)25(18-42)21-51-7)23(2)34-33(22)26-10-12-43(19-29(26)37(47)52-34)36(46)27-17-32(40(3)4)28(16-30(27)38)35(45)39-53(48,49)44-11-8-9-24(44)20-50-6/h15-17,24-25H,8-14,18-21H2,1-7H3,(H,39,45)/t24-,25-/m1/s1. The quantitative estimate of drug-likeness (QED) is 0.305. The zero-order valence-electron chi connectivity index (χ0n) is 31.5. The maximum atomic E-state index is 15.8. The Labute approximate surface area is 309 Å². The molecule has 1 N–H and O–H groups in total. The fourth-order valence-corrected chi connectivity index (χ4v) is 9.34. The molecule has 53 heavy (non-hydrogen) atoms. The van der Waals surface area contributed by atoms with Crippen molar-refractivity contribution in [3.63, 3.8) is 0 Å². The number of fused-ring (bicyclic) bond motifs is 3. The molecule has 288 valence electrons. The summed E-state index contributed by atoms with van der Waals surface area (Å²) in [5.41, 5.74) is 3.57. The van der Waals surface area contributed by atoms with Crippen LogP contribution in [0, 0.1) is 19.7 Å². The zero-order chi connectivity index (χ0) is 38.4. The molecule has 2 saturated heterocycles. The summed E-state index contributed by atoms with van der Waals surface area (Å²) >= 11 is 0. The van der Waals surface area contributed by atoms with Crippen LogP contribution in [0.1, 0.15) is 55.8 Å². The van der Waals surface area contributed by atoms with Gasteiger partial charge in [0, 0.05) is 83.7 Å². The lowest BCUT2D eigenvalue weighted by atomic mass is 9.92. The van der Waals surface area contributed by atoms with Crippen molar-refractivity contribution in [3.05, 3.63) is 67.8 Å².